The number of hydrogen-bond donors (Lipinski definition) is 0. The van der Waals surface area contributed by atoms with E-state index in [1.54, 1.807) is 6.07 Å². The van der Waals surface area contributed by atoms with Crippen molar-refractivity contribution in [3.05, 3.63) is 58.3 Å². The van der Waals surface area contributed by atoms with Crippen molar-refractivity contribution in [2.45, 2.75) is 31.8 Å². The zero-order valence-corrected chi connectivity index (χ0v) is 15.9. The Bertz CT molecular complexity index is 1230. The molecule has 142 valence electrons. The lowest BCUT2D eigenvalue weighted by molar-refractivity contribution is -0.132. The van der Waals surface area contributed by atoms with E-state index in [0.29, 0.717) is 18.5 Å². The van der Waals surface area contributed by atoms with Gasteiger partial charge in [0.05, 0.1) is 17.8 Å². The molecule has 0 radical (unpaired) electrons. The summed E-state index contributed by atoms with van der Waals surface area (Å²) in [6.07, 6.45) is 5.50. The molecule has 8 nitrogen and oxygen atoms in total. The third kappa shape index (κ3) is 2.78. The van der Waals surface area contributed by atoms with Gasteiger partial charge in [0, 0.05) is 25.7 Å². The van der Waals surface area contributed by atoms with Crippen LogP contribution in [0.25, 0.3) is 15.9 Å². The molecular formula is C19H18N6O2S. The van der Waals surface area contributed by atoms with Crippen molar-refractivity contribution in [1.29, 1.82) is 0 Å². The maximum atomic E-state index is 12.9. The number of carbonyl (C=O) groups is 1. The summed E-state index contributed by atoms with van der Waals surface area (Å²) < 4.78 is 3.46. The number of thiophene rings is 1. The average molecular weight is 394 g/mol. The van der Waals surface area contributed by atoms with Crippen molar-refractivity contribution >= 4 is 33.1 Å². The molecule has 0 bridgehead atoms. The van der Waals surface area contributed by atoms with Crippen molar-refractivity contribution in [1.82, 2.24) is 29.0 Å². The fourth-order valence-electron chi connectivity index (χ4n) is 3.83. The topological polar surface area (TPSA) is 85.4 Å². The van der Waals surface area contributed by atoms with Crippen LogP contribution in [0.2, 0.25) is 0 Å². The number of aryl methyl sites for hydroxylation is 1. The number of carbonyl (C=O) groups excluding carboxylic acids is 1. The number of fused-ring (bicyclic) bond motifs is 2. The minimum absolute atomic E-state index is 0.0208. The lowest BCUT2D eigenvalue weighted by Gasteiger charge is -2.23. The zero-order chi connectivity index (χ0) is 19.1. The summed E-state index contributed by atoms with van der Waals surface area (Å²) in [5, 5.41) is 11.0. The second-order valence-corrected chi connectivity index (χ2v) is 7.76. The largest absolute Gasteiger partial charge is 0.332 e. The van der Waals surface area contributed by atoms with Gasteiger partial charge in [0.15, 0.2) is 11.5 Å². The number of nitrogens with zero attached hydrogens (tertiary/aromatic N) is 6. The Morgan fingerprint density at radius 2 is 2.18 bits per heavy atom. The smallest absolute Gasteiger partial charge is 0.262 e. The van der Waals surface area contributed by atoms with E-state index in [9.17, 15) is 9.59 Å². The van der Waals surface area contributed by atoms with Crippen LogP contribution < -0.4 is 5.56 Å². The van der Waals surface area contributed by atoms with Crippen LogP contribution in [0.15, 0.2) is 47.0 Å². The van der Waals surface area contributed by atoms with E-state index < -0.39 is 0 Å². The SMILES string of the molecule is O=C(CCn1cnc2sccc2c1=O)N1CCCC1c1nnc2ccccn12. The molecule has 28 heavy (non-hydrogen) atoms. The molecule has 1 atom stereocenters. The van der Waals surface area contributed by atoms with Gasteiger partial charge in [-0.25, -0.2) is 4.98 Å². The van der Waals surface area contributed by atoms with Gasteiger partial charge in [-0.3, -0.25) is 18.6 Å². The van der Waals surface area contributed by atoms with Gasteiger partial charge in [0.25, 0.3) is 5.56 Å². The Kier molecular flexibility index (Phi) is 4.16. The van der Waals surface area contributed by atoms with Crippen LogP contribution in [0.1, 0.15) is 31.1 Å². The van der Waals surface area contributed by atoms with Crippen LogP contribution in [-0.4, -0.2) is 41.5 Å². The van der Waals surface area contributed by atoms with E-state index >= 15 is 0 Å². The third-order valence-electron chi connectivity index (χ3n) is 5.23. The molecule has 0 N–H and O–H groups in total. The quantitative estimate of drug-likeness (QED) is 0.530. The fraction of sp³-hybridized carbons (Fsp3) is 0.316. The predicted octanol–water partition coefficient (Wildman–Crippen LogP) is 2.25. The second-order valence-electron chi connectivity index (χ2n) is 6.86. The first-order valence-electron chi connectivity index (χ1n) is 9.24. The van der Waals surface area contributed by atoms with Crippen molar-refractivity contribution in [2.75, 3.05) is 6.54 Å². The Morgan fingerprint density at radius 1 is 1.25 bits per heavy atom. The summed E-state index contributed by atoms with van der Waals surface area (Å²) in [5.41, 5.74) is 0.680. The van der Waals surface area contributed by atoms with Crippen LogP contribution in [0.3, 0.4) is 0 Å². The van der Waals surface area contributed by atoms with Crippen molar-refractivity contribution in [3.63, 3.8) is 0 Å². The minimum Gasteiger partial charge on any atom is -0.332 e. The zero-order valence-electron chi connectivity index (χ0n) is 15.1. The Hall–Kier alpha value is -3.07. The van der Waals surface area contributed by atoms with Crippen LogP contribution >= 0.6 is 11.3 Å². The molecule has 0 aliphatic carbocycles. The number of rotatable bonds is 4. The van der Waals surface area contributed by atoms with E-state index in [1.165, 1.54) is 22.2 Å². The molecule has 1 fully saturated rings. The summed E-state index contributed by atoms with van der Waals surface area (Å²) in [6, 6.07) is 7.44. The van der Waals surface area contributed by atoms with Crippen LogP contribution in [0.5, 0.6) is 0 Å². The van der Waals surface area contributed by atoms with Gasteiger partial charge in [-0.15, -0.1) is 21.5 Å². The predicted molar refractivity (Wildman–Crippen MR) is 105 cm³/mol. The number of amides is 1. The van der Waals surface area contributed by atoms with E-state index in [4.69, 9.17) is 0 Å². The van der Waals surface area contributed by atoms with E-state index in [2.05, 4.69) is 15.2 Å². The highest BCUT2D eigenvalue weighted by molar-refractivity contribution is 7.16. The molecule has 1 aliphatic heterocycles. The van der Waals surface area contributed by atoms with Gasteiger partial charge in [0.1, 0.15) is 4.83 Å². The first-order valence-corrected chi connectivity index (χ1v) is 10.1. The molecule has 5 rings (SSSR count). The molecule has 4 aromatic rings. The van der Waals surface area contributed by atoms with E-state index in [0.717, 1.165) is 29.1 Å². The molecule has 0 aromatic carbocycles. The molecule has 0 saturated carbocycles. The van der Waals surface area contributed by atoms with Crippen LogP contribution in [0.4, 0.5) is 0 Å². The number of likely N-dealkylation sites (tertiary alicyclic amines) is 1. The molecule has 0 spiro atoms. The average Bonchev–Trinajstić information content (AvgIpc) is 3.45. The Morgan fingerprint density at radius 3 is 3.11 bits per heavy atom. The van der Waals surface area contributed by atoms with Gasteiger partial charge in [-0.05, 0) is 36.4 Å². The minimum atomic E-state index is -0.0968. The highest BCUT2D eigenvalue weighted by Gasteiger charge is 2.32. The molecule has 1 unspecified atom stereocenters. The lowest BCUT2D eigenvalue weighted by atomic mass is 10.2. The molecule has 1 aliphatic rings. The van der Waals surface area contributed by atoms with Gasteiger partial charge in [-0.1, -0.05) is 6.07 Å². The van der Waals surface area contributed by atoms with Crippen molar-refractivity contribution in [3.8, 4) is 0 Å². The highest BCUT2D eigenvalue weighted by atomic mass is 32.1. The standard InChI is InChI=1S/C19H18N6O2S/c26-16(6-10-23-12-20-18-13(19(23)27)7-11-28-18)24-9-3-4-14(24)17-22-21-15-5-1-2-8-25(15)17/h1-2,5,7-8,11-12,14H,3-4,6,9-10H2. The lowest BCUT2D eigenvalue weighted by Crippen LogP contribution is -2.33. The molecular weight excluding hydrogens is 376 g/mol. The molecule has 5 heterocycles. The molecule has 9 heteroatoms. The number of pyridine rings is 1. The van der Waals surface area contributed by atoms with Gasteiger partial charge in [-0.2, -0.15) is 0 Å². The monoisotopic (exact) mass is 394 g/mol. The molecule has 1 amide bonds. The molecule has 4 aromatic heterocycles. The maximum Gasteiger partial charge on any atom is 0.262 e. The van der Waals surface area contributed by atoms with Crippen molar-refractivity contribution < 1.29 is 4.79 Å². The third-order valence-corrected chi connectivity index (χ3v) is 6.05. The van der Waals surface area contributed by atoms with E-state index in [-0.39, 0.29) is 23.9 Å². The summed E-state index contributed by atoms with van der Waals surface area (Å²) in [7, 11) is 0. The summed E-state index contributed by atoms with van der Waals surface area (Å²) in [5.74, 6) is 0.812. The molecule has 1 saturated heterocycles. The number of aromatic nitrogens is 5. The fourth-order valence-corrected chi connectivity index (χ4v) is 4.56. The Labute approximate surface area is 164 Å². The highest BCUT2D eigenvalue weighted by Crippen LogP contribution is 2.31. The van der Waals surface area contributed by atoms with E-state index in [1.807, 2.05) is 39.1 Å². The van der Waals surface area contributed by atoms with Gasteiger partial charge >= 0.3 is 0 Å². The normalized spacial score (nSPS) is 17.0. The van der Waals surface area contributed by atoms with Crippen molar-refractivity contribution in [2.24, 2.45) is 0 Å². The van der Waals surface area contributed by atoms with Gasteiger partial charge < -0.3 is 4.90 Å². The summed E-state index contributed by atoms with van der Waals surface area (Å²) in [6.45, 7) is 1.02. The number of hydrogen-bond acceptors (Lipinski definition) is 6. The second kappa shape index (κ2) is 6.83. The van der Waals surface area contributed by atoms with Crippen LogP contribution in [-0.2, 0) is 11.3 Å². The Balaban J connectivity index is 1.35. The van der Waals surface area contributed by atoms with Gasteiger partial charge in [0.2, 0.25) is 5.91 Å². The summed E-state index contributed by atoms with van der Waals surface area (Å²) >= 11 is 1.44. The first kappa shape index (κ1) is 17.1. The maximum absolute atomic E-state index is 12.9. The van der Waals surface area contributed by atoms with Crippen LogP contribution in [0, 0.1) is 0 Å². The first-order chi connectivity index (χ1) is 13.7. The summed E-state index contributed by atoms with van der Waals surface area (Å²) in [4.78, 5) is 32.3.